The van der Waals surface area contributed by atoms with Crippen LogP contribution in [0.15, 0.2) is 48.5 Å². The minimum absolute atomic E-state index is 0.225. The van der Waals surface area contributed by atoms with Crippen LogP contribution in [0.25, 0.3) is 0 Å². The second kappa shape index (κ2) is 7.80. The summed E-state index contributed by atoms with van der Waals surface area (Å²) in [5.74, 6) is 0.593. The smallest absolute Gasteiger partial charge is 0.264 e. The molecule has 1 atom stereocenters. The summed E-state index contributed by atoms with van der Waals surface area (Å²) >= 11 is 0. The van der Waals surface area contributed by atoms with Gasteiger partial charge in [0.2, 0.25) is 0 Å². The van der Waals surface area contributed by atoms with Gasteiger partial charge in [-0.05, 0) is 31.5 Å². The summed E-state index contributed by atoms with van der Waals surface area (Å²) in [7, 11) is 1.58. The van der Waals surface area contributed by atoms with Crippen LogP contribution in [0.3, 0.4) is 0 Å². The molecule has 1 aliphatic rings. The Labute approximate surface area is 158 Å². The van der Waals surface area contributed by atoms with Crippen molar-refractivity contribution in [1.29, 1.82) is 0 Å². The summed E-state index contributed by atoms with van der Waals surface area (Å²) in [4.78, 5) is 26.0. The minimum Gasteiger partial charge on any atom is -0.493 e. The van der Waals surface area contributed by atoms with Crippen molar-refractivity contribution in [3.63, 3.8) is 0 Å². The Morgan fingerprint density at radius 1 is 1.11 bits per heavy atom. The van der Waals surface area contributed by atoms with Gasteiger partial charge in [-0.1, -0.05) is 30.3 Å². The topological polar surface area (TPSA) is 76.1 Å². The number of carbonyl (C=O) groups is 2. The Morgan fingerprint density at radius 3 is 2.48 bits per heavy atom. The van der Waals surface area contributed by atoms with Crippen LogP contribution in [0, 0.1) is 0 Å². The van der Waals surface area contributed by atoms with Gasteiger partial charge in [0.05, 0.1) is 19.4 Å². The van der Waals surface area contributed by atoms with Gasteiger partial charge in [0.1, 0.15) is 5.78 Å². The number of anilines is 1. The second-order valence-corrected chi connectivity index (χ2v) is 6.57. The van der Waals surface area contributed by atoms with Crippen molar-refractivity contribution in [3.8, 4) is 11.5 Å². The zero-order chi connectivity index (χ0) is 19.4. The molecule has 0 radical (unpaired) electrons. The molecule has 0 aliphatic carbocycles. The molecule has 0 fully saturated rings. The van der Waals surface area contributed by atoms with Crippen molar-refractivity contribution < 1.29 is 24.2 Å². The van der Waals surface area contributed by atoms with Crippen LogP contribution in [0.4, 0.5) is 5.69 Å². The molecule has 1 N–H and O–H groups in total. The Kier molecular flexibility index (Phi) is 5.46. The van der Waals surface area contributed by atoms with Gasteiger partial charge in [0.25, 0.3) is 5.91 Å². The fraction of sp³-hybridized carbons (Fsp3) is 0.333. The van der Waals surface area contributed by atoms with Gasteiger partial charge >= 0.3 is 0 Å². The van der Waals surface area contributed by atoms with Crippen LogP contribution in [-0.4, -0.2) is 37.1 Å². The largest absolute Gasteiger partial charge is 0.493 e. The Hall–Kier alpha value is -2.86. The molecule has 0 spiro atoms. The lowest BCUT2D eigenvalue weighted by Crippen LogP contribution is -2.42. The van der Waals surface area contributed by atoms with Crippen LogP contribution < -0.4 is 14.4 Å². The Morgan fingerprint density at radius 2 is 1.78 bits per heavy atom. The highest BCUT2D eigenvalue weighted by molar-refractivity contribution is 6.08. The number of aliphatic hydroxyl groups is 1. The Balaban J connectivity index is 1.68. The fourth-order valence-electron chi connectivity index (χ4n) is 3.40. The number of fused-ring (bicyclic) bond motifs is 1. The highest BCUT2D eigenvalue weighted by Crippen LogP contribution is 2.42. The zero-order valence-electron chi connectivity index (χ0n) is 15.5. The van der Waals surface area contributed by atoms with Crippen molar-refractivity contribution in [2.24, 2.45) is 0 Å². The van der Waals surface area contributed by atoms with Gasteiger partial charge in [-0.25, -0.2) is 0 Å². The molecule has 0 aromatic heterocycles. The maximum atomic E-state index is 12.8. The third-order valence-electron chi connectivity index (χ3n) is 4.60. The quantitative estimate of drug-likeness (QED) is 0.724. The number of methoxy groups -OCH3 is 1. The van der Waals surface area contributed by atoms with Crippen LogP contribution >= 0.6 is 0 Å². The molecule has 2 aromatic carbocycles. The van der Waals surface area contributed by atoms with Crippen LogP contribution in [-0.2, 0) is 15.2 Å². The molecule has 0 unspecified atom stereocenters. The van der Waals surface area contributed by atoms with Crippen molar-refractivity contribution in [1.82, 2.24) is 0 Å². The molecule has 1 amide bonds. The number of hydrogen-bond donors (Lipinski definition) is 1. The lowest BCUT2D eigenvalue weighted by Gasteiger charge is -2.22. The third-order valence-corrected chi connectivity index (χ3v) is 4.60. The number of amides is 1. The maximum Gasteiger partial charge on any atom is 0.264 e. The highest BCUT2D eigenvalue weighted by atomic mass is 16.5. The molecule has 1 heterocycles. The van der Waals surface area contributed by atoms with Gasteiger partial charge < -0.3 is 19.5 Å². The van der Waals surface area contributed by atoms with Gasteiger partial charge in [-0.15, -0.1) is 0 Å². The summed E-state index contributed by atoms with van der Waals surface area (Å²) in [5.41, 5.74) is -0.661. The van der Waals surface area contributed by atoms with Crippen molar-refractivity contribution in [2.75, 3.05) is 25.2 Å². The monoisotopic (exact) mass is 369 g/mol. The van der Waals surface area contributed by atoms with Gasteiger partial charge in [-0.3, -0.25) is 9.59 Å². The molecule has 0 saturated heterocycles. The van der Waals surface area contributed by atoms with Crippen LogP contribution in [0.1, 0.15) is 25.3 Å². The number of ether oxygens (including phenoxy) is 2. The van der Waals surface area contributed by atoms with E-state index in [1.165, 1.54) is 11.8 Å². The molecule has 2 aromatic rings. The number of hydrogen-bond acceptors (Lipinski definition) is 5. The van der Waals surface area contributed by atoms with E-state index < -0.39 is 11.5 Å². The lowest BCUT2D eigenvalue weighted by atomic mass is 9.90. The summed E-state index contributed by atoms with van der Waals surface area (Å²) in [6, 6.07) is 14.4. The molecule has 3 rings (SSSR count). The second-order valence-electron chi connectivity index (χ2n) is 6.57. The summed E-state index contributed by atoms with van der Waals surface area (Å²) < 4.78 is 11.0. The number of benzene rings is 2. The summed E-state index contributed by atoms with van der Waals surface area (Å²) in [6.07, 6.45) is 0.339. The number of carbonyl (C=O) groups excluding carboxylic acids is 2. The van der Waals surface area contributed by atoms with E-state index in [1.54, 1.807) is 25.3 Å². The van der Waals surface area contributed by atoms with Crippen molar-refractivity contribution >= 4 is 17.4 Å². The number of para-hydroxylation sites is 3. The van der Waals surface area contributed by atoms with E-state index in [4.69, 9.17) is 9.47 Å². The average Bonchev–Trinajstić information content (AvgIpc) is 2.86. The average molecular weight is 369 g/mol. The van der Waals surface area contributed by atoms with E-state index in [9.17, 15) is 14.7 Å². The molecule has 27 heavy (non-hydrogen) atoms. The Bertz CT molecular complexity index is 850. The highest BCUT2D eigenvalue weighted by Gasteiger charge is 2.49. The molecular formula is C21H23NO5. The number of Topliss-reactive ketones (excluding diaryl/α,β-unsaturated/α-hetero) is 1. The SMILES string of the molecule is COc1ccccc1OCCCN1C(=O)[C@@](O)(CC(C)=O)c2ccccc21. The van der Waals surface area contributed by atoms with E-state index in [-0.39, 0.29) is 12.2 Å². The van der Waals surface area contributed by atoms with E-state index in [0.717, 1.165) is 0 Å². The van der Waals surface area contributed by atoms with Crippen LogP contribution in [0.2, 0.25) is 0 Å². The first-order chi connectivity index (χ1) is 13.0. The van der Waals surface area contributed by atoms with Crippen molar-refractivity contribution in [2.45, 2.75) is 25.4 Å². The normalized spacial score (nSPS) is 18.3. The number of nitrogens with zero attached hydrogens (tertiary/aromatic N) is 1. The predicted molar refractivity (Wildman–Crippen MR) is 101 cm³/mol. The number of rotatable bonds is 8. The van der Waals surface area contributed by atoms with E-state index >= 15 is 0 Å². The molecular weight excluding hydrogens is 346 g/mol. The van der Waals surface area contributed by atoms with E-state index in [0.29, 0.717) is 42.3 Å². The molecule has 0 bridgehead atoms. The molecule has 142 valence electrons. The first-order valence-electron chi connectivity index (χ1n) is 8.86. The first kappa shape index (κ1) is 18.9. The van der Waals surface area contributed by atoms with E-state index in [1.807, 2.05) is 30.3 Å². The van der Waals surface area contributed by atoms with Crippen molar-refractivity contribution in [3.05, 3.63) is 54.1 Å². The summed E-state index contributed by atoms with van der Waals surface area (Å²) in [6.45, 7) is 2.14. The maximum absolute atomic E-state index is 12.8. The predicted octanol–water partition coefficient (Wildman–Crippen LogP) is 2.68. The first-order valence-corrected chi connectivity index (χ1v) is 8.86. The van der Waals surface area contributed by atoms with Gasteiger partial charge in [0, 0.05) is 18.5 Å². The molecule has 1 aliphatic heterocycles. The minimum atomic E-state index is -1.79. The number of ketones is 1. The van der Waals surface area contributed by atoms with E-state index in [2.05, 4.69) is 0 Å². The van der Waals surface area contributed by atoms with Crippen LogP contribution in [0.5, 0.6) is 11.5 Å². The molecule has 6 nitrogen and oxygen atoms in total. The lowest BCUT2D eigenvalue weighted by molar-refractivity contribution is -0.141. The fourth-order valence-corrected chi connectivity index (χ4v) is 3.40. The molecule has 0 saturated carbocycles. The van der Waals surface area contributed by atoms with Gasteiger partial charge in [0.15, 0.2) is 17.1 Å². The third kappa shape index (κ3) is 3.66. The van der Waals surface area contributed by atoms with Gasteiger partial charge in [-0.2, -0.15) is 0 Å². The summed E-state index contributed by atoms with van der Waals surface area (Å²) in [5, 5.41) is 10.9. The molecule has 6 heteroatoms. The standard InChI is InChI=1S/C21H23NO5/c1-15(23)14-21(25)16-8-3-4-9-17(16)22(20(21)24)12-7-13-27-19-11-6-5-10-18(19)26-2/h3-6,8-11,25H,7,12-14H2,1-2H3/t21-/m1/s1. The zero-order valence-corrected chi connectivity index (χ0v) is 15.5.